The zero-order valence-corrected chi connectivity index (χ0v) is 32.4. The molecule has 1 amide bonds. The third-order valence-electron chi connectivity index (χ3n) is 12.6. The second kappa shape index (κ2) is 17.0. The number of rotatable bonds is 8. The number of carbonyl (C=O) groups is 1. The maximum absolute atomic E-state index is 13.0. The minimum atomic E-state index is -0.0173. The Balaban J connectivity index is 1.01. The van der Waals surface area contributed by atoms with Crippen molar-refractivity contribution < 1.29 is 14.3 Å². The monoisotopic (exact) mass is 717 g/mol. The standard InChI is InChI=1S/C42H63N5O3S/c1-29(2)20-34-27-50-38-22-37(40-30(3)10-8-11-31(40)4)43-41(44-38)45-51-36-15-9-14-33(21-36)25-47(34)35-23-42(24-35)16-18-46(19-17-42)39(48)28-49-26-32-12-6-5-7-13-32/h5-8,10-13,29,33-38,41,43-45H,9,14-28H2,1-4H3/t33?,34-,36?,37?,38?,41?/m1/s1. The van der Waals surface area contributed by atoms with Crippen LogP contribution in [0.1, 0.15) is 106 Å². The van der Waals surface area contributed by atoms with Crippen molar-refractivity contribution in [2.45, 2.75) is 134 Å². The lowest BCUT2D eigenvalue weighted by atomic mass is 9.59. The van der Waals surface area contributed by atoms with Gasteiger partial charge in [-0.05, 0) is 105 Å². The summed E-state index contributed by atoms with van der Waals surface area (Å²) in [4.78, 5) is 18.0. The van der Waals surface area contributed by atoms with Gasteiger partial charge in [-0.25, -0.2) is 4.72 Å². The molecule has 0 aromatic heterocycles. The molecular weight excluding hydrogens is 655 g/mol. The van der Waals surface area contributed by atoms with E-state index in [2.05, 4.69) is 71.0 Å². The minimum absolute atomic E-state index is 0.00167. The topological polar surface area (TPSA) is 78.1 Å². The summed E-state index contributed by atoms with van der Waals surface area (Å²) >= 11 is 1.95. The molecule has 0 radical (unpaired) electrons. The maximum Gasteiger partial charge on any atom is 0.248 e. The number of likely N-dealkylation sites (tertiary alicyclic amines) is 1. The third-order valence-corrected chi connectivity index (χ3v) is 13.8. The molecule has 2 aromatic rings. The lowest BCUT2D eigenvalue weighted by Crippen LogP contribution is -2.62. The number of ether oxygens (including phenoxy) is 2. The second-order valence-electron chi connectivity index (χ2n) is 17.0. The number of nitrogens with zero attached hydrogens (tertiary/aromatic N) is 2. The van der Waals surface area contributed by atoms with Crippen molar-refractivity contribution >= 4 is 17.9 Å². The van der Waals surface area contributed by atoms with E-state index in [1.807, 2.05) is 42.3 Å². The average Bonchev–Trinajstić information content (AvgIpc) is 3.11. The minimum Gasteiger partial charge on any atom is -0.367 e. The van der Waals surface area contributed by atoms with E-state index in [-0.39, 0.29) is 31.1 Å². The van der Waals surface area contributed by atoms with E-state index < -0.39 is 0 Å². The van der Waals surface area contributed by atoms with Crippen LogP contribution in [0, 0.1) is 31.1 Å². The Morgan fingerprint density at radius 3 is 2.51 bits per heavy atom. The molecule has 280 valence electrons. The van der Waals surface area contributed by atoms with Crippen LogP contribution in [-0.2, 0) is 20.9 Å². The molecule has 3 heterocycles. The smallest absolute Gasteiger partial charge is 0.248 e. The van der Waals surface area contributed by atoms with Gasteiger partial charge in [-0.15, -0.1) is 0 Å². The first-order valence-electron chi connectivity index (χ1n) is 20.0. The van der Waals surface area contributed by atoms with Crippen molar-refractivity contribution in [2.75, 3.05) is 32.8 Å². The van der Waals surface area contributed by atoms with E-state index in [0.717, 1.165) is 56.9 Å². The van der Waals surface area contributed by atoms with Gasteiger partial charge in [0, 0.05) is 49.4 Å². The maximum atomic E-state index is 13.0. The Bertz CT molecular complexity index is 1410. The molecule has 1 spiro atoms. The van der Waals surface area contributed by atoms with Crippen LogP contribution in [0.3, 0.4) is 0 Å². The highest BCUT2D eigenvalue weighted by molar-refractivity contribution is 7.98. The van der Waals surface area contributed by atoms with Crippen LogP contribution in [0.2, 0.25) is 0 Å². The van der Waals surface area contributed by atoms with Gasteiger partial charge in [0.15, 0.2) is 0 Å². The van der Waals surface area contributed by atoms with Gasteiger partial charge in [0.25, 0.3) is 0 Å². The van der Waals surface area contributed by atoms with E-state index in [1.54, 1.807) is 0 Å². The van der Waals surface area contributed by atoms with Gasteiger partial charge in [-0.1, -0.05) is 80.7 Å². The number of hydrogen-bond acceptors (Lipinski definition) is 8. The number of piperidine rings is 1. The van der Waals surface area contributed by atoms with Crippen molar-refractivity contribution in [3.05, 3.63) is 70.8 Å². The van der Waals surface area contributed by atoms with E-state index in [4.69, 9.17) is 9.47 Å². The normalized spacial score (nSPS) is 30.6. The van der Waals surface area contributed by atoms with Gasteiger partial charge in [0.2, 0.25) is 5.91 Å². The molecule has 5 fully saturated rings. The number of carbonyl (C=O) groups excluding carboxylic acids is 1. The van der Waals surface area contributed by atoms with E-state index >= 15 is 0 Å². The summed E-state index contributed by atoms with van der Waals surface area (Å²) in [5.74, 6) is 1.47. The van der Waals surface area contributed by atoms with Crippen LogP contribution in [0.15, 0.2) is 48.5 Å². The summed E-state index contributed by atoms with van der Waals surface area (Å²) in [6, 6.07) is 18.0. The Hall–Kier alpha value is -1.98. The molecule has 5 aliphatic rings. The van der Waals surface area contributed by atoms with Crippen molar-refractivity contribution in [2.24, 2.45) is 17.3 Å². The molecule has 3 saturated heterocycles. The molecule has 3 aliphatic heterocycles. The highest BCUT2D eigenvalue weighted by Crippen LogP contribution is 2.52. The first-order valence-corrected chi connectivity index (χ1v) is 20.9. The summed E-state index contributed by atoms with van der Waals surface area (Å²) in [7, 11) is 0. The van der Waals surface area contributed by atoms with Crippen molar-refractivity contribution in [1.29, 1.82) is 0 Å². The van der Waals surface area contributed by atoms with Crippen LogP contribution in [0.25, 0.3) is 0 Å². The van der Waals surface area contributed by atoms with Crippen molar-refractivity contribution in [1.82, 2.24) is 25.2 Å². The molecule has 2 aromatic carbocycles. The van der Waals surface area contributed by atoms with Crippen LogP contribution >= 0.6 is 11.9 Å². The van der Waals surface area contributed by atoms with Gasteiger partial charge in [0.1, 0.15) is 19.1 Å². The molecule has 7 rings (SSSR count). The lowest BCUT2D eigenvalue weighted by molar-refractivity contribution is -0.142. The molecule has 6 atom stereocenters. The summed E-state index contributed by atoms with van der Waals surface area (Å²) in [5.41, 5.74) is 5.59. The predicted octanol–water partition coefficient (Wildman–Crippen LogP) is 7.07. The fraction of sp³-hybridized carbons (Fsp3) is 0.690. The quantitative estimate of drug-likeness (QED) is 0.251. The molecule has 4 bridgehead atoms. The van der Waals surface area contributed by atoms with Gasteiger partial charge >= 0.3 is 0 Å². The van der Waals surface area contributed by atoms with Crippen LogP contribution in [-0.4, -0.2) is 78.4 Å². The number of hydrogen-bond donors (Lipinski definition) is 3. The zero-order valence-electron chi connectivity index (χ0n) is 31.6. The third kappa shape index (κ3) is 9.40. The number of fused-ring (bicyclic) bond motifs is 4. The van der Waals surface area contributed by atoms with Crippen molar-refractivity contribution in [3.8, 4) is 0 Å². The molecule has 8 nitrogen and oxygen atoms in total. The highest BCUT2D eigenvalue weighted by Gasteiger charge is 2.50. The average molecular weight is 718 g/mol. The predicted molar refractivity (Wildman–Crippen MR) is 207 cm³/mol. The lowest BCUT2D eigenvalue weighted by Gasteiger charge is -2.57. The van der Waals surface area contributed by atoms with Gasteiger partial charge in [0.05, 0.1) is 13.2 Å². The largest absolute Gasteiger partial charge is 0.367 e. The van der Waals surface area contributed by atoms with Crippen LogP contribution in [0.4, 0.5) is 0 Å². The van der Waals surface area contributed by atoms with Crippen LogP contribution in [0.5, 0.6) is 0 Å². The number of aryl methyl sites for hydroxylation is 2. The summed E-state index contributed by atoms with van der Waals surface area (Å²) in [6.07, 6.45) is 12.0. The Labute approximate surface area is 311 Å². The molecule has 5 unspecified atom stereocenters. The van der Waals surface area contributed by atoms with Gasteiger partial charge < -0.3 is 14.4 Å². The fourth-order valence-corrected chi connectivity index (χ4v) is 11.0. The summed E-state index contributed by atoms with van der Waals surface area (Å²) in [6.45, 7) is 13.6. The Morgan fingerprint density at radius 1 is 1.00 bits per heavy atom. The Morgan fingerprint density at radius 2 is 1.76 bits per heavy atom. The molecule has 2 aliphatic carbocycles. The first kappa shape index (κ1) is 37.3. The number of amides is 1. The molecule has 2 saturated carbocycles. The van der Waals surface area contributed by atoms with Gasteiger partial charge in [-0.3, -0.25) is 20.3 Å². The highest BCUT2D eigenvalue weighted by atomic mass is 32.2. The fourth-order valence-electron chi connectivity index (χ4n) is 9.93. The van der Waals surface area contributed by atoms with Gasteiger partial charge in [-0.2, -0.15) is 0 Å². The Kier molecular flexibility index (Phi) is 12.4. The number of benzene rings is 2. The van der Waals surface area contributed by atoms with Crippen molar-refractivity contribution in [3.63, 3.8) is 0 Å². The summed E-state index contributed by atoms with van der Waals surface area (Å²) in [5, 5.41) is 8.34. The molecule has 51 heavy (non-hydrogen) atoms. The van der Waals surface area contributed by atoms with E-state index in [1.165, 1.54) is 61.8 Å². The molecular formula is C42H63N5O3S. The summed E-state index contributed by atoms with van der Waals surface area (Å²) < 4.78 is 16.6. The van der Waals surface area contributed by atoms with E-state index in [0.29, 0.717) is 35.3 Å². The van der Waals surface area contributed by atoms with E-state index in [9.17, 15) is 4.79 Å². The first-order chi connectivity index (χ1) is 24.7. The zero-order chi connectivity index (χ0) is 35.4. The second-order valence-corrected chi connectivity index (χ2v) is 18.1. The molecule has 9 heteroatoms. The molecule has 3 N–H and O–H groups in total. The SMILES string of the molecule is Cc1cccc(C)c1C1CC2NC(NSC3CCCC(C3)CN(C3CC4(CCN(C(=O)COCc5ccccc5)CC4)C3)[C@H](CC(C)C)CO2)N1. The number of nitrogens with one attached hydrogen (secondary N) is 3. The van der Waals surface area contributed by atoms with Crippen LogP contribution < -0.4 is 15.4 Å².